The highest BCUT2D eigenvalue weighted by molar-refractivity contribution is 5.95. The molecular weight excluding hydrogens is 386 g/mol. The van der Waals surface area contributed by atoms with Gasteiger partial charge in [-0.15, -0.1) is 5.10 Å². The smallest absolute Gasteiger partial charge is 0.273 e. The largest absolute Gasteiger partial charge is 0.497 e. The summed E-state index contributed by atoms with van der Waals surface area (Å²) in [6.45, 7) is 5.80. The molecular formula is C21H29N5O4. The fourth-order valence-electron chi connectivity index (χ4n) is 3.42. The third kappa shape index (κ3) is 5.08. The summed E-state index contributed by atoms with van der Waals surface area (Å²) in [7, 11) is 3.11. The van der Waals surface area contributed by atoms with Gasteiger partial charge in [-0.05, 0) is 30.9 Å². The van der Waals surface area contributed by atoms with E-state index < -0.39 is 0 Å². The van der Waals surface area contributed by atoms with Crippen LogP contribution in [0.5, 0.6) is 11.5 Å². The number of rotatable bonds is 7. The second kappa shape index (κ2) is 9.60. The summed E-state index contributed by atoms with van der Waals surface area (Å²) < 4.78 is 12.2. The third-order valence-electron chi connectivity index (χ3n) is 5.07. The summed E-state index contributed by atoms with van der Waals surface area (Å²) in [4.78, 5) is 27.1. The maximum absolute atomic E-state index is 13.1. The number of aromatic nitrogens is 3. The van der Waals surface area contributed by atoms with Gasteiger partial charge in [-0.25, -0.2) is 4.68 Å². The molecule has 162 valence electrons. The number of piperidine rings is 1. The SMILES string of the molecule is COc1cc(OC)cc(C(=O)N2CCCC(n3cc(C(=O)NCC(C)C)nn3)C2)c1. The Kier molecular flexibility index (Phi) is 6.91. The maximum Gasteiger partial charge on any atom is 0.273 e. The molecule has 1 unspecified atom stereocenters. The van der Waals surface area contributed by atoms with Crippen molar-refractivity contribution in [2.45, 2.75) is 32.7 Å². The second-order valence-electron chi connectivity index (χ2n) is 7.84. The molecule has 2 aromatic rings. The molecule has 2 amide bonds. The molecule has 1 aromatic heterocycles. The lowest BCUT2D eigenvalue weighted by Gasteiger charge is -2.32. The number of hydrogen-bond donors (Lipinski definition) is 1. The Morgan fingerprint density at radius 2 is 1.90 bits per heavy atom. The first-order valence-electron chi connectivity index (χ1n) is 10.1. The van der Waals surface area contributed by atoms with Gasteiger partial charge < -0.3 is 19.7 Å². The van der Waals surface area contributed by atoms with E-state index in [0.29, 0.717) is 42.6 Å². The van der Waals surface area contributed by atoms with Crippen molar-refractivity contribution in [1.82, 2.24) is 25.2 Å². The van der Waals surface area contributed by atoms with Crippen LogP contribution < -0.4 is 14.8 Å². The average Bonchev–Trinajstić information content (AvgIpc) is 3.27. The highest BCUT2D eigenvalue weighted by Crippen LogP contribution is 2.26. The van der Waals surface area contributed by atoms with E-state index in [1.165, 1.54) is 0 Å². The topological polar surface area (TPSA) is 98.6 Å². The number of carbonyl (C=O) groups is 2. The van der Waals surface area contributed by atoms with Crippen LogP contribution in [0.4, 0.5) is 0 Å². The van der Waals surface area contributed by atoms with Crippen molar-refractivity contribution < 1.29 is 19.1 Å². The van der Waals surface area contributed by atoms with E-state index >= 15 is 0 Å². The van der Waals surface area contributed by atoms with Gasteiger partial charge >= 0.3 is 0 Å². The van der Waals surface area contributed by atoms with Crippen LogP contribution in [-0.2, 0) is 0 Å². The van der Waals surface area contributed by atoms with Crippen LogP contribution in [0, 0.1) is 5.92 Å². The first-order valence-corrected chi connectivity index (χ1v) is 10.1. The molecule has 0 spiro atoms. The Morgan fingerprint density at radius 3 is 2.53 bits per heavy atom. The highest BCUT2D eigenvalue weighted by Gasteiger charge is 2.27. The molecule has 1 aliphatic heterocycles. The van der Waals surface area contributed by atoms with Crippen molar-refractivity contribution in [2.75, 3.05) is 33.9 Å². The Labute approximate surface area is 176 Å². The lowest BCUT2D eigenvalue weighted by atomic mass is 10.0. The number of nitrogens with one attached hydrogen (secondary N) is 1. The van der Waals surface area contributed by atoms with Crippen molar-refractivity contribution >= 4 is 11.8 Å². The predicted octanol–water partition coefficient (Wildman–Crippen LogP) is 2.16. The zero-order valence-electron chi connectivity index (χ0n) is 17.9. The van der Waals surface area contributed by atoms with Gasteiger partial charge in [0.1, 0.15) is 11.5 Å². The molecule has 0 aliphatic carbocycles. The molecule has 9 heteroatoms. The van der Waals surface area contributed by atoms with Crippen molar-refractivity contribution in [3.63, 3.8) is 0 Å². The fraction of sp³-hybridized carbons (Fsp3) is 0.524. The standard InChI is InChI=1S/C21H29N5O4/c1-14(2)11-22-20(27)19-13-26(24-23-19)16-6-5-7-25(12-16)21(28)15-8-17(29-3)10-18(9-15)30-4/h8-10,13-14,16H,5-7,11-12H2,1-4H3,(H,22,27). The first-order chi connectivity index (χ1) is 14.4. The fourth-order valence-corrected chi connectivity index (χ4v) is 3.42. The highest BCUT2D eigenvalue weighted by atomic mass is 16.5. The van der Waals surface area contributed by atoms with Crippen molar-refractivity contribution in [1.29, 1.82) is 0 Å². The van der Waals surface area contributed by atoms with Crippen molar-refractivity contribution in [3.05, 3.63) is 35.7 Å². The van der Waals surface area contributed by atoms with Gasteiger partial charge in [0.15, 0.2) is 5.69 Å². The van der Waals surface area contributed by atoms with E-state index in [1.807, 2.05) is 13.8 Å². The monoisotopic (exact) mass is 415 g/mol. The summed E-state index contributed by atoms with van der Waals surface area (Å²) in [5.41, 5.74) is 0.802. The predicted molar refractivity (Wildman–Crippen MR) is 111 cm³/mol. The van der Waals surface area contributed by atoms with Gasteiger partial charge in [0.2, 0.25) is 0 Å². The summed E-state index contributed by atoms with van der Waals surface area (Å²) in [6.07, 6.45) is 3.36. The average molecular weight is 415 g/mol. The van der Waals surface area contributed by atoms with Gasteiger partial charge in [0, 0.05) is 31.3 Å². The van der Waals surface area contributed by atoms with Crippen LogP contribution in [0.15, 0.2) is 24.4 Å². The maximum atomic E-state index is 13.1. The van der Waals surface area contributed by atoms with Gasteiger partial charge in [0.25, 0.3) is 11.8 Å². The zero-order valence-corrected chi connectivity index (χ0v) is 17.9. The number of hydrogen-bond acceptors (Lipinski definition) is 6. The Balaban J connectivity index is 1.70. The summed E-state index contributed by atoms with van der Waals surface area (Å²) >= 11 is 0. The van der Waals surface area contributed by atoms with E-state index in [0.717, 1.165) is 12.8 Å². The van der Waals surface area contributed by atoms with Crippen LogP contribution in [0.2, 0.25) is 0 Å². The molecule has 0 bridgehead atoms. The van der Waals surface area contributed by atoms with E-state index in [4.69, 9.17) is 9.47 Å². The zero-order chi connectivity index (χ0) is 21.7. The molecule has 1 aliphatic rings. The van der Waals surface area contributed by atoms with Crippen LogP contribution in [0.3, 0.4) is 0 Å². The van der Waals surface area contributed by atoms with Gasteiger partial charge in [-0.2, -0.15) is 0 Å². The van der Waals surface area contributed by atoms with Crippen LogP contribution in [0.1, 0.15) is 53.6 Å². The lowest BCUT2D eigenvalue weighted by molar-refractivity contribution is 0.0670. The van der Waals surface area contributed by atoms with E-state index in [9.17, 15) is 9.59 Å². The van der Waals surface area contributed by atoms with Gasteiger partial charge in [-0.3, -0.25) is 9.59 Å². The number of benzene rings is 1. The quantitative estimate of drug-likeness (QED) is 0.744. The summed E-state index contributed by atoms with van der Waals surface area (Å²) in [5, 5.41) is 11.0. The molecule has 1 atom stereocenters. The molecule has 1 N–H and O–H groups in total. The molecule has 0 radical (unpaired) electrons. The summed E-state index contributed by atoms with van der Waals surface area (Å²) in [5.74, 6) is 1.17. The number of ether oxygens (including phenoxy) is 2. The Bertz CT molecular complexity index is 873. The van der Waals surface area contributed by atoms with E-state index in [2.05, 4.69) is 15.6 Å². The van der Waals surface area contributed by atoms with Crippen LogP contribution in [-0.4, -0.2) is 65.6 Å². The van der Waals surface area contributed by atoms with Crippen LogP contribution in [0.25, 0.3) is 0 Å². The first kappa shape index (κ1) is 21.6. The molecule has 1 aromatic carbocycles. The van der Waals surface area contributed by atoms with Gasteiger partial charge in [-0.1, -0.05) is 19.1 Å². The molecule has 0 saturated carbocycles. The Hall–Kier alpha value is -3.10. The Morgan fingerprint density at radius 1 is 1.20 bits per heavy atom. The summed E-state index contributed by atoms with van der Waals surface area (Å²) in [6, 6.07) is 5.12. The number of amides is 2. The number of nitrogens with zero attached hydrogens (tertiary/aromatic N) is 4. The van der Waals surface area contributed by atoms with Crippen LogP contribution >= 0.6 is 0 Å². The second-order valence-corrected chi connectivity index (χ2v) is 7.84. The van der Waals surface area contributed by atoms with Crippen molar-refractivity contribution in [2.24, 2.45) is 5.92 Å². The number of likely N-dealkylation sites (tertiary alicyclic amines) is 1. The van der Waals surface area contributed by atoms with Gasteiger partial charge in [0.05, 0.1) is 26.5 Å². The molecule has 9 nitrogen and oxygen atoms in total. The number of methoxy groups -OCH3 is 2. The van der Waals surface area contributed by atoms with Crippen molar-refractivity contribution in [3.8, 4) is 11.5 Å². The lowest BCUT2D eigenvalue weighted by Crippen LogP contribution is -2.40. The van der Waals surface area contributed by atoms with E-state index in [1.54, 1.807) is 48.2 Å². The minimum Gasteiger partial charge on any atom is -0.497 e. The minimum atomic E-state index is -0.234. The molecule has 30 heavy (non-hydrogen) atoms. The molecule has 1 saturated heterocycles. The normalized spacial score (nSPS) is 16.4. The molecule has 2 heterocycles. The third-order valence-corrected chi connectivity index (χ3v) is 5.07. The number of carbonyl (C=O) groups excluding carboxylic acids is 2. The minimum absolute atomic E-state index is 0.0330. The molecule has 3 rings (SSSR count). The van der Waals surface area contributed by atoms with E-state index in [-0.39, 0.29) is 23.6 Å². The molecule has 1 fully saturated rings.